The first-order valence-electron chi connectivity index (χ1n) is 10.6. The summed E-state index contributed by atoms with van der Waals surface area (Å²) in [6, 6.07) is 28.0. The second-order valence-electron chi connectivity index (χ2n) is 7.74. The maximum atomic E-state index is 11.8. The van der Waals surface area contributed by atoms with Crippen molar-refractivity contribution in [3.05, 3.63) is 97.1 Å². The normalized spacial score (nSPS) is 12.3. The highest BCUT2D eigenvalue weighted by atomic mass is 32.2. The molecule has 0 aliphatic heterocycles. The van der Waals surface area contributed by atoms with E-state index in [1.807, 2.05) is 54.6 Å². The van der Waals surface area contributed by atoms with Gasteiger partial charge in [0, 0.05) is 27.2 Å². The fourth-order valence-electron chi connectivity index (χ4n) is 3.74. The lowest BCUT2D eigenvalue weighted by Gasteiger charge is -2.07. The van der Waals surface area contributed by atoms with Crippen LogP contribution in [0.15, 0.2) is 122 Å². The molecule has 0 amide bonds. The third-order valence-corrected chi connectivity index (χ3v) is 6.32. The average Bonchev–Trinajstić information content (AvgIpc) is 2.87. The molecule has 5 rings (SSSR count). The minimum Gasteiger partial charge on any atom is -0.398 e. The number of nitrogens with two attached hydrogens (primary N) is 1. The SMILES string of the molecule is Nc1ccc(N=Nc2ccc(N=Nc3ccccc3)c3ccc(S(=O)(=O)O)cc23)c2ccccc12. The van der Waals surface area contributed by atoms with E-state index in [1.54, 1.807) is 30.3 Å². The summed E-state index contributed by atoms with van der Waals surface area (Å²) in [5.41, 5.74) is 8.93. The number of fused-ring (bicyclic) bond motifs is 2. The molecule has 0 radical (unpaired) electrons. The number of azo groups is 2. The van der Waals surface area contributed by atoms with Crippen LogP contribution in [0.1, 0.15) is 0 Å². The second kappa shape index (κ2) is 9.05. The van der Waals surface area contributed by atoms with E-state index in [0.717, 1.165) is 10.8 Å². The van der Waals surface area contributed by atoms with Crippen LogP contribution in [-0.2, 0) is 10.1 Å². The fraction of sp³-hybridized carbons (Fsp3) is 0. The van der Waals surface area contributed by atoms with Gasteiger partial charge >= 0.3 is 0 Å². The summed E-state index contributed by atoms with van der Waals surface area (Å²) in [5, 5.41) is 20.2. The van der Waals surface area contributed by atoms with Crippen LogP contribution in [0, 0.1) is 0 Å². The lowest BCUT2D eigenvalue weighted by Crippen LogP contribution is -1.97. The number of nitrogen functional groups attached to an aromatic ring is 1. The Morgan fingerprint density at radius 3 is 1.80 bits per heavy atom. The average molecular weight is 482 g/mol. The molecule has 172 valence electrons. The first-order valence-corrected chi connectivity index (χ1v) is 12.0. The summed E-state index contributed by atoms with van der Waals surface area (Å²) in [4.78, 5) is -0.253. The van der Waals surface area contributed by atoms with Gasteiger partial charge in [-0.25, -0.2) is 0 Å². The van der Waals surface area contributed by atoms with Crippen LogP contribution in [0.2, 0.25) is 0 Å². The monoisotopic (exact) mass is 481 g/mol. The van der Waals surface area contributed by atoms with Gasteiger partial charge in [-0.05, 0) is 48.5 Å². The zero-order chi connectivity index (χ0) is 24.4. The molecule has 0 fully saturated rings. The molecule has 0 spiro atoms. The minimum atomic E-state index is -4.42. The first kappa shape index (κ1) is 22.3. The van der Waals surface area contributed by atoms with E-state index in [-0.39, 0.29) is 4.90 Å². The Labute approximate surface area is 201 Å². The van der Waals surface area contributed by atoms with E-state index in [4.69, 9.17) is 5.73 Å². The summed E-state index contributed by atoms with van der Waals surface area (Å²) in [6.07, 6.45) is 0. The van der Waals surface area contributed by atoms with Crippen molar-refractivity contribution in [3.8, 4) is 0 Å². The largest absolute Gasteiger partial charge is 0.398 e. The molecular formula is C26H19N5O3S. The third kappa shape index (κ3) is 4.63. The molecule has 9 heteroatoms. The molecule has 0 atom stereocenters. The zero-order valence-electron chi connectivity index (χ0n) is 18.3. The summed E-state index contributed by atoms with van der Waals surface area (Å²) in [6.45, 7) is 0. The maximum Gasteiger partial charge on any atom is 0.294 e. The lowest BCUT2D eigenvalue weighted by atomic mass is 10.1. The van der Waals surface area contributed by atoms with Crippen molar-refractivity contribution >= 4 is 60.1 Å². The fourth-order valence-corrected chi connectivity index (χ4v) is 4.25. The highest BCUT2D eigenvalue weighted by Gasteiger charge is 2.14. The predicted octanol–water partition coefficient (Wildman–Crippen LogP) is 7.65. The molecule has 0 aliphatic rings. The van der Waals surface area contributed by atoms with E-state index >= 15 is 0 Å². The van der Waals surface area contributed by atoms with Crippen molar-refractivity contribution in [2.75, 3.05) is 5.73 Å². The first-order chi connectivity index (χ1) is 16.9. The van der Waals surface area contributed by atoms with Crippen LogP contribution >= 0.6 is 0 Å². The molecule has 8 nitrogen and oxygen atoms in total. The molecule has 0 saturated heterocycles. The predicted molar refractivity (Wildman–Crippen MR) is 137 cm³/mol. The lowest BCUT2D eigenvalue weighted by molar-refractivity contribution is 0.483. The Balaban J connectivity index is 1.64. The van der Waals surface area contributed by atoms with Crippen LogP contribution in [0.5, 0.6) is 0 Å². The molecule has 5 aromatic carbocycles. The van der Waals surface area contributed by atoms with Crippen molar-refractivity contribution in [1.29, 1.82) is 0 Å². The van der Waals surface area contributed by atoms with Gasteiger partial charge in [-0.3, -0.25) is 4.55 Å². The molecular weight excluding hydrogens is 462 g/mol. The number of anilines is 1. The van der Waals surface area contributed by atoms with E-state index in [9.17, 15) is 13.0 Å². The van der Waals surface area contributed by atoms with Crippen LogP contribution < -0.4 is 5.73 Å². The van der Waals surface area contributed by atoms with Gasteiger partial charge < -0.3 is 5.73 Å². The van der Waals surface area contributed by atoms with Gasteiger partial charge in [-0.15, -0.1) is 15.3 Å². The van der Waals surface area contributed by atoms with Gasteiger partial charge in [0.05, 0.1) is 27.6 Å². The van der Waals surface area contributed by atoms with Gasteiger partial charge in [-0.2, -0.15) is 13.5 Å². The molecule has 0 heterocycles. The minimum absolute atomic E-state index is 0.253. The van der Waals surface area contributed by atoms with Crippen LogP contribution in [-0.4, -0.2) is 13.0 Å². The number of nitrogens with zero attached hydrogens (tertiary/aromatic N) is 4. The molecule has 5 aromatic rings. The Kier molecular flexibility index (Phi) is 5.77. The topological polar surface area (TPSA) is 130 Å². The third-order valence-electron chi connectivity index (χ3n) is 5.47. The standard InChI is InChI=1S/C26H19N5O3S/c27-23-12-13-24(20-9-5-4-8-19(20)23)30-31-26-15-14-25(29-28-17-6-2-1-3-7-17)21-11-10-18(16-22(21)26)35(32,33)34/h1-16H,27H2,(H,32,33,34). The Bertz CT molecular complexity index is 1730. The Morgan fingerprint density at radius 2 is 1.11 bits per heavy atom. The molecule has 0 bridgehead atoms. The van der Waals surface area contributed by atoms with Crippen LogP contribution in [0.25, 0.3) is 21.5 Å². The molecule has 0 aromatic heterocycles. The highest BCUT2D eigenvalue weighted by Crippen LogP contribution is 2.37. The Hall–Kier alpha value is -4.47. The number of benzene rings is 5. The smallest absolute Gasteiger partial charge is 0.294 e. The van der Waals surface area contributed by atoms with Gasteiger partial charge in [0.1, 0.15) is 0 Å². The van der Waals surface area contributed by atoms with E-state index < -0.39 is 10.1 Å². The van der Waals surface area contributed by atoms with Gasteiger partial charge in [0.2, 0.25) is 0 Å². The molecule has 3 N–H and O–H groups in total. The van der Waals surface area contributed by atoms with Crippen LogP contribution in [0.4, 0.5) is 28.4 Å². The van der Waals surface area contributed by atoms with E-state index in [2.05, 4.69) is 20.5 Å². The summed E-state index contributed by atoms with van der Waals surface area (Å²) in [7, 11) is -4.42. The van der Waals surface area contributed by atoms with E-state index in [1.165, 1.54) is 12.1 Å². The Morgan fingerprint density at radius 1 is 0.571 bits per heavy atom. The second-order valence-corrected chi connectivity index (χ2v) is 9.16. The van der Waals surface area contributed by atoms with Crippen molar-refractivity contribution in [3.63, 3.8) is 0 Å². The highest BCUT2D eigenvalue weighted by molar-refractivity contribution is 7.85. The molecule has 0 saturated carbocycles. The van der Waals surface area contributed by atoms with Crippen LogP contribution in [0.3, 0.4) is 0 Å². The molecule has 0 aliphatic carbocycles. The molecule has 35 heavy (non-hydrogen) atoms. The summed E-state index contributed by atoms with van der Waals surface area (Å²) < 4.78 is 33.2. The van der Waals surface area contributed by atoms with Crippen molar-refractivity contribution < 1.29 is 13.0 Å². The summed E-state index contributed by atoms with van der Waals surface area (Å²) >= 11 is 0. The zero-order valence-corrected chi connectivity index (χ0v) is 19.1. The number of rotatable bonds is 5. The summed E-state index contributed by atoms with van der Waals surface area (Å²) in [5.74, 6) is 0. The molecule has 0 unspecified atom stereocenters. The van der Waals surface area contributed by atoms with Gasteiger partial charge in [-0.1, -0.05) is 48.5 Å². The van der Waals surface area contributed by atoms with Crippen molar-refractivity contribution in [2.45, 2.75) is 4.90 Å². The van der Waals surface area contributed by atoms with E-state index in [0.29, 0.717) is 39.2 Å². The van der Waals surface area contributed by atoms with Gasteiger partial charge in [0.25, 0.3) is 10.1 Å². The quantitative estimate of drug-likeness (QED) is 0.152. The van der Waals surface area contributed by atoms with Crippen molar-refractivity contribution in [2.24, 2.45) is 20.5 Å². The number of hydrogen-bond acceptors (Lipinski definition) is 7. The van der Waals surface area contributed by atoms with Gasteiger partial charge in [0.15, 0.2) is 0 Å². The number of hydrogen-bond donors (Lipinski definition) is 2. The van der Waals surface area contributed by atoms with Crippen molar-refractivity contribution in [1.82, 2.24) is 0 Å². The maximum absolute atomic E-state index is 11.8.